The van der Waals surface area contributed by atoms with Crippen molar-refractivity contribution in [3.63, 3.8) is 0 Å². The van der Waals surface area contributed by atoms with Crippen LogP contribution < -0.4 is 0 Å². The monoisotopic (exact) mass is 129 g/mol. The molecule has 1 aromatic rings. The van der Waals surface area contributed by atoms with Crippen LogP contribution in [-0.2, 0) is 0 Å². The van der Waals surface area contributed by atoms with E-state index in [1.54, 1.807) is 0 Å². The van der Waals surface area contributed by atoms with Crippen molar-refractivity contribution in [3.05, 3.63) is 17.1 Å². The van der Waals surface area contributed by atoms with Crippen LogP contribution in [0.1, 0.15) is 19.4 Å². The van der Waals surface area contributed by atoms with Crippen LogP contribution in [-0.4, -0.2) is 4.37 Å². The number of hydrogen-bond donors (Lipinski definition) is 0. The third-order valence-electron chi connectivity index (χ3n) is 0.556. The molecule has 0 bridgehead atoms. The van der Waals surface area contributed by atoms with Crippen LogP contribution in [0.3, 0.4) is 0 Å². The van der Waals surface area contributed by atoms with Crippen LogP contribution in [0.25, 0.3) is 0 Å². The van der Waals surface area contributed by atoms with E-state index in [9.17, 15) is 0 Å². The Hall–Kier alpha value is -0.370. The van der Waals surface area contributed by atoms with Crippen LogP contribution in [0.5, 0.6) is 0 Å². The van der Waals surface area contributed by atoms with Crippen LogP contribution in [0.15, 0.2) is 11.6 Å². The lowest BCUT2D eigenvalue weighted by Gasteiger charge is -1.63. The van der Waals surface area contributed by atoms with Crippen molar-refractivity contribution in [2.75, 3.05) is 0 Å². The van der Waals surface area contributed by atoms with Gasteiger partial charge in [-0.05, 0) is 24.0 Å². The first-order chi connectivity index (χ1) is 3.89. The number of aryl methyl sites for hydroxylation is 1. The van der Waals surface area contributed by atoms with E-state index in [4.69, 9.17) is 0 Å². The molecule has 0 amide bonds. The van der Waals surface area contributed by atoms with Crippen molar-refractivity contribution in [1.29, 1.82) is 0 Å². The summed E-state index contributed by atoms with van der Waals surface area (Å²) in [4.78, 5) is 0. The van der Waals surface area contributed by atoms with Gasteiger partial charge in [0.2, 0.25) is 0 Å². The van der Waals surface area contributed by atoms with Gasteiger partial charge in [0.05, 0.1) is 0 Å². The molecular formula is C6H11NS. The molecule has 0 unspecified atom stereocenters. The van der Waals surface area contributed by atoms with Gasteiger partial charge in [-0.25, -0.2) is 4.37 Å². The van der Waals surface area contributed by atoms with Gasteiger partial charge in [-0.15, -0.1) is 0 Å². The van der Waals surface area contributed by atoms with Gasteiger partial charge < -0.3 is 0 Å². The van der Waals surface area contributed by atoms with E-state index in [-0.39, 0.29) is 0 Å². The Balaban J connectivity index is 0.000000222. The summed E-state index contributed by atoms with van der Waals surface area (Å²) in [6.07, 6.45) is 1.85. The molecule has 1 aromatic heterocycles. The standard InChI is InChI=1S/C4H5NS.C2H6/c1-4-2-5-6-3-4;1-2/h2-3H,1H3;1-2H3. The average Bonchev–Trinajstić information content (AvgIpc) is 2.24. The molecule has 0 saturated heterocycles. The molecule has 0 aliphatic rings. The van der Waals surface area contributed by atoms with Gasteiger partial charge in [-0.2, -0.15) is 0 Å². The second kappa shape index (κ2) is 4.78. The van der Waals surface area contributed by atoms with Crippen LogP contribution in [0.4, 0.5) is 0 Å². The van der Waals surface area contributed by atoms with Crippen molar-refractivity contribution in [3.8, 4) is 0 Å². The molecule has 46 valence electrons. The molecular weight excluding hydrogens is 118 g/mol. The van der Waals surface area contributed by atoms with Gasteiger partial charge in [0.15, 0.2) is 0 Å². The zero-order valence-electron chi connectivity index (χ0n) is 5.51. The SMILES string of the molecule is CC.Cc1cnsc1. The fourth-order valence-corrected chi connectivity index (χ4v) is 0.773. The molecule has 0 aliphatic heterocycles. The van der Waals surface area contributed by atoms with Gasteiger partial charge in [0.25, 0.3) is 0 Å². The maximum Gasteiger partial charge on any atom is 0.0436 e. The highest BCUT2D eigenvalue weighted by atomic mass is 32.1. The van der Waals surface area contributed by atoms with E-state index in [0.717, 1.165) is 0 Å². The molecule has 1 nitrogen and oxygen atoms in total. The van der Waals surface area contributed by atoms with E-state index >= 15 is 0 Å². The van der Waals surface area contributed by atoms with Crippen LogP contribution in [0.2, 0.25) is 0 Å². The Morgan fingerprint density at radius 3 is 2.25 bits per heavy atom. The van der Waals surface area contributed by atoms with Crippen molar-refractivity contribution in [2.24, 2.45) is 0 Å². The second-order valence-electron chi connectivity index (χ2n) is 1.20. The van der Waals surface area contributed by atoms with Gasteiger partial charge in [-0.1, -0.05) is 13.8 Å². The Morgan fingerprint density at radius 2 is 2.12 bits per heavy atom. The summed E-state index contributed by atoms with van der Waals surface area (Å²) in [5.74, 6) is 0. The highest BCUT2D eigenvalue weighted by Crippen LogP contribution is 1.95. The molecule has 0 N–H and O–H groups in total. The summed E-state index contributed by atoms with van der Waals surface area (Å²) in [6, 6.07) is 0. The molecule has 1 heterocycles. The summed E-state index contributed by atoms with van der Waals surface area (Å²) >= 11 is 1.49. The third-order valence-corrected chi connectivity index (χ3v) is 1.26. The van der Waals surface area contributed by atoms with Crippen LogP contribution in [0, 0.1) is 6.92 Å². The maximum absolute atomic E-state index is 3.86. The molecule has 0 spiro atoms. The molecule has 0 fully saturated rings. The van der Waals surface area contributed by atoms with E-state index < -0.39 is 0 Å². The number of nitrogens with zero attached hydrogens (tertiary/aromatic N) is 1. The minimum Gasteiger partial charge on any atom is -0.201 e. The first-order valence-corrected chi connectivity index (χ1v) is 3.59. The second-order valence-corrected chi connectivity index (χ2v) is 1.86. The number of hydrogen-bond acceptors (Lipinski definition) is 2. The molecule has 1 rings (SSSR count). The quantitative estimate of drug-likeness (QED) is 0.524. The Bertz CT molecular complexity index is 112. The third kappa shape index (κ3) is 2.75. The smallest absolute Gasteiger partial charge is 0.0436 e. The summed E-state index contributed by atoms with van der Waals surface area (Å²) < 4.78 is 3.86. The summed E-state index contributed by atoms with van der Waals surface area (Å²) in [5.41, 5.74) is 1.25. The first kappa shape index (κ1) is 7.63. The molecule has 0 saturated carbocycles. The van der Waals surface area contributed by atoms with E-state index in [1.807, 2.05) is 32.3 Å². The maximum atomic E-state index is 3.86. The highest BCUT2D eigenvalue weighted by Gasteiger charge is 1.76. The number of rotatable bonds is 0. The lowest BCUT2D eigenvalue weighted by Crippen LogP contribution is -1.50. The molecule has 0 aromatic carbocycles. The minimum absolute atomic E-state index is 1.25. The van der Waals surface area contributed by atoms with Gasteiger partial charge in [-0.3, -0.25) is 0 Å². The van der Waals surface area contributed by atoms with Crippen LogP contribution >= 0.6 is 11.5 Å². The molecule has 2 heteroatoms. The zero-order valence-corrected chi connectivity index (χ0v) is 6.33. The lowest BCUT2D eigenvalue weighted by molar-refractivity contribution is 1.46. The molecule has 0 atom stereocenters. The zero-order chi connectivity index (χ0) is 6.41. The summed E-state index contributed by atoms with van der Waals surface area (Å²) in [7, 11) is 0. The summed E-state index contributed by atoms with van der Waals surface area (Å²) in [5, 5.41) is 2.01. The van der Waals surface area contributed by atoms with Gasteiger partial charge in [0, 0.05) is 11.6 Å². The highest BCUT2D eigenvalue weighted by molar-refractivity contribution is 7.03. The lowest BCUT2D eigenvalue weighted by atomic mass is 10.5. The fraction of sp³-hybridized carbons (Fsp3) is 0.500. The fourth-order valence-electron chi connectivity index (χ4n) is 0.258. The van der Waals surface area contributed by atoms with Crippen molar-refractivity contribution in [1.82, 2.24) is 4.37 Å². The van der Waals surface area contributed by atoms with E-state index in [1.165, 1.54) is 17.1 Å². The summed E-state index contributed by atoms with van der Waals surface area (Å²) in [6.45, 7) is 6.03. The Kier molecular flexibility index (Phi) is 4.56. The van der Waals surface area contributed by atoms with Gasteiger partial charge in [0.1, 0.15) is 0 Å². The van der Waals surface area contributed by atoms with E-state index in [2.05, 4.69) is 4.37 Å². The minimum atomic E-state index is 1.25. The van der Waals surface area contributed by atoms with Crippen molar-refractivity contribution in [2.45, 2.75) is 20.8 Å². The largest absolute Gasteiger partial charge is 0.201 e. The van der Waals surface area contributed by atoms with Gasteiger partial charge >= 0.3 is 0 Å². The topological polar surface area (TPSA) is 12.9 Å². The predicted octanol–water partition coefficient (Wildman–Crippen LogP) is 2.48. The van der Waals surface area contributed by atoms with Crippen molar-refractivity contribution < 1.29 is 0 Å². The molecule has 0 aliphatic carbocycles. The predicted molar refractivity (Wildman–Crippen MR) is 38.2 cm³/mol. The molecule has 0 radical (unpaired) electrons. The van der Waals surface area contributed by atoms with Crippen molar-refractivity contribution >= 4 is 11.5 Å². The Morgan fingerprint density at radius 1 is 1.50 bits per heavy atom. The normalized spacial score (nSPS) is 7.38. The molecule has 8 heavy (non-hydrogen) atoms. The average molecular weight is 129 g/mol. The first-order valence-electron chi connectivity index (χ1n) is 2.75. The Labute approximate surface area is 54.5 Å². The number of aromatic nitrogens is 1. The van der Waals surface area contributed by atoms with E-state index in [0.29, 0.717) is 0 Å².